The summed E-state index contributed by atoms with van der Waals surface area (Å²) in [7, 11) is 0. The first-order valence-electron chi connectivity index (χ1n) is 26.9. The van der Waals surface area contributed by atoms with Crippen LogP contribution in [0, 0.1) is 0 Å². The molecule has 0 aromatic heterocycles. The summed E-state index contributed by atoms with van der Waals surface area (Å²) in [6.45, 7) is 5.60. The van der Waals surface area contributed by atoms with E-state index in [4.69, 9.17) is 23.7 Å². The number of carbonyl (C=O) groups excluding carboxylic acids is 3. The van der Waals surface area contributed by atoms with E-state index in [9.17, 15) is 34.5 Å². The number of hydrogen-bond donors (Lipinski definition) is 3. The van der Waals surface area contributed by atoms with Crippen LogP contribution < -0.4 is 0 Å². The Morgan fingerprint density at radius 1 is 0.493 bits per heavy atom. The molecule has 1 aliphatic heterocycles. The summed E-state index contributed by atoms with van der Waals surface area (Å²) < 4.78 is 28.1. The monoisotopic (exact) mass is 993 g/mol. The van der Waals surface area contributed by atoms with Crippen LogP contribution in [0.1, 0.15) is 188 Å². The van der Waals surface area contributed by atoms with Gasteiger partial charge in [0, 0.05) is 12.8 Å². The molecule has 71 heavy (non-hydrogen) atoms. The first-order chi connectivity index (χ1) is 34.6. The van der Waals surface area contributed by atoms with Crippen LogP contribution in [0.5, 0.6) is 0 Å². The van der Waals surface area contributed by atoms with E-state index in [1.54, 1.807) is 6.08 Å². The third-order valence-corrected chi connectivity index (χ3v) is 11.4. The first kappa shape index (κ1) is 64.4. The van der Waals surface area contributed by atoms with E-state index in [2.05, 4.69) is 93.7 Å². The minimum atomic E-state index is -1.94. The number of hydrogen-bond acceptors (Lipinski definition) is 11. The smallest absolute Gasteiger partial charge is 0.335 e. The molecule has 400 valence electrons. The van der Waals surface area contributed by atoms with E-state index in [1.165, 1.54) is 57.8 Å². The van der Waals surface area contributed by atoms with Gasteiger partial charge in [0.05, 0.1) is 13.0 Å². The molecule has 0 amide bonds. The van der Waals surface area contributed by atoms with Crippen LogP contribution in [0.4, 0.5) is 0 Å². The number of esters is 3. The molecule has 1 rings (SSSR count). The van der Waals surface area contributed by atoms with Gasteiger partial charge < -0.3 is 39.0 Å². The van der Waals surface area contributed by atoms with Crippen molar-refractivity contribution in [2.75, 3.05) is 13.2 Å². The average molecular weight is 993 g/mol. The van der Waals surface area contributed by atoms with Crippen LogP contribution >= 0.6 is 0 Å². The highest BCUT2D eigenvalue weighted by Crippen LogP contribution is 2.26. The topological polar surface area (TPSA) is 175 Å². The second-order valence-electron chi connectivity index (χ2n) is 17.8. The molecule has 1 heterocycles. The molecule has 1 saturated heterocycles. The second kappa shape index (κ2) is 46.5. The van der Waals surface area contributed by atoms with E-state index in [-0.39, 0.29) is 25.9 Å². The third-order valence-electron chi connectivity index (χ3n) is 11.4. The molecule has 6 unspecified atom stereocenters. The van der Waals surface area contributed by atoms with Gasteiger partial charge in [-0.15, -0.1) is 0 Å². The zero-order valence-electron chi connectivity index (χ0n) is 43.7. The van der Waals surface area contributed by atoms with Crippen molar-refractivity contribution < 1.29 is 58.2 Å². The van der Waals surface area contributed by atoms with Gasteiger partial charge in [-0.3, -0.25) is 14.4 Å². The minimum absolute atomic E-state index is 0.0248. The van der Waals surface area contributed by atoms with Crippen molar-refractivity contribution in [2.45, 2.75) is 225 Å². The Morgan fingerprint density at radius 3 is 1.39 bits per heavy atom. The fourth-order valence-electron chi connectivity index (χ4n) is 7.34. The largest absolute Gasteiger partial charge is 0.479 e. The van der Waals surface area contributed by atoms with Gasteiger partial charge in [-0.05, 0) is 70.6 Å². The SMILES string of the molecule is CC/C=C\C/C=C\C/C=C\C/C=C\C/C=C\CC(=O)OCC(COC1OC(C(=O)O)C(O)C(O)C1OC(=O)CC/C=C\C/C=C\C/C=C\C/C=C\CC)OC(=O)CCCCCCCCCCCCCCC. The van der Waals surface area contributed by atoms with E-state index >= 15 is 0 Å². The number of rotatable bonds is 43. The average Bonchev–Trinajstić information content (AvgIpc) is 3.35. The van der Waals surface area contributed by atoms with Crippen molar-refractivity contribution in [3.8, 4) is 0 Å². The normalized spacial score (nSPS) is 19.4. The molecule has 12 nitrogen and oxygen atoms in total. The maximum atomic E-state index is 13.1. The Hall–Kier alpha value is -4.62. The summed E-state index contributed by atoms with van der Waals surface area (Å²) in [6.07, 6.45) is 49.7. The van der Waals surface area contributed by atoms with Gasteiger partial charge in [-0.2, -0.15) is 0 Å². The predicted molar refractivity (Wildman–Crippen MR) is 284 cm³/mol. The van der Waals surface area contributed by atoms with Crippen LogP contribution in [-0.4, -0.2) is 89.2 Å². The van der Waals surface area contributed by atoms with Crippen molar-refractivity contribution >= 4 is 23.9 Å². The van der Waals surface area contributed by atoms with E-state index < -0.39 is 67.3 Å². The van der Waals surface area contributed by atoms with E-state index in [0.717, 1.165) is 64.2 Å². The Morgan fingerprint density at radius 2 is 0.930 bits per heavy atom. The van der Waals surface area contributed by atoms with Gasteiger partial charge in [0.1, 0.15) is 18.8 Å². The molecule has 0 aromatic carbocycles. The molecule has 0 saturated carbocycles. The number of aliphatic hydroxyl groups is 2. The Bertz CT molecular complexity index is 1650. The molecule has 6 atom stereocenters. The van der Waals surface area contributed by atoms with Gasteiger partial charge in [-0.1, -0.05) is 207 Å². The molecule has 0 bridgehead atoms. The Kier molecular flexibility index (Phi) is 42.1. The third kappa shape index (κ3) is 36.9. The predicted octanol–water partition coefficient (Wildman–Crippen LogP) is 13.1. The summed E-state index contributed by atoms with van der Waals surface area (Å²) in [6, 6.07) is 0. The summed E-state index contributed by atoms with van der Waals surface area (Å²) in [5.41, 5.74) is 0. The van der Waals surface area contributed by atoms with Crippen LogP contribution in [-0.2, 0) is 42.9 Å². The Labute approximate surface area is 427 Å². The number of carboxylic acid groups (broad SMARTS) is 1. The summed E-state index contributed by atoms with van der Waals surface area (Å²) in [5.74, 6) is -3.40. The van der Waals surface area contributed by atoms with Crippen LogP contribution in [0.2, 0.25) is 0 Å². The lowest BCUT2D eigenvalue weighted by Crippen LogP contribution is -2.61. The van der Waals surface area contributed by atoms with Crippen LogP contribution in [0.25, 0.3) is 0 Å². The van der Waals surface area contributed by atoms with Crippen molar-refractivity contribution in [1.29, 1.82) is 0 Å². The van der Waals surface area contributed by atoms with E-state index in [0.29, 0.717) is 25.7 Å². The quantitative estimate of drug-likeness (QED) is 0.0229. The fourth-order valence-corrected chi connectivity index (χ4v) is 7.34. The maximum absolute atomic E-state index is 13.1. The lowest BCUT2D eigenvalue weighted by Gasteiger charge is -2.40. The maximum Gasteiger partial charge on any atom is 0.335 e. The zero-order chi connectivity index (χ0) is 51.8. The molecule has 0 aliphatic carbocycles. The lowest BCUT2D eigenvalue weighted by atomic mass is 9.98. The standard InChI is InChI=1S/C59H92O12/c1-4-7-10-13-16-19-22-25-26-29-30-33-36-39-42-45-51(60)67-48-50(69-52(61)46-43-40-37-34-31-27-23-20-17-14-11-8-5-2)49-68-59-57(55(64)54(63)56(71-59)58(65)66)70-53(62)47-44-41-38-35-32-28-24-21-18-15-12-9-6-3/h7,9-10,12,16,18-19,21,25-26,28,30,32-33,38-39,41-42,50,54-57,59,63-64H,4-6,8,11,13-15,17,20,22-24,27,29,31,34-37,40,43-49H2,1-3H3,(H,65,66)/b10-7-,12-9-,19-16-,21-18-,26-25-,32-28-,33-30-,41-38-,42-39-. The number of aliphatic carboxylic acids is 1. The first-order valence-corrected chi connectivity index (χ1v) is 26.9. The highest BCUT2D eigenvalue weighted by Gasteiger charge is 2.50. The van der Waals surface area contributed by atoms with Gasteiger partial charge in [0.15, 0.2) is 24.6 Å². The molecular weight excluding hydrogens is 901 g/mol. The highest BCUT2D eigenvalue weighted by atomic mass is 16.7. The molecule has 1 fully saturated rings. The van der Waals surface area contributed by atoms with Gasteiger partial charge >= 0.3 is 23.9 Å². The van der Waals surface area contributed by atoms with Crippen molar-refractivity contribution in [1.82, 2.24) is 0 Å². The van der Waals surface area contributed by atoms with Crippen molar-refractivity contribution in [2.24, 2.45) is 0 Å². The number of carbonyl (C=O) groups is 4. The van der Waals surface area contributed by atoms with Gasteiger partial charge in [0.2, 0.25) is 0 Å². The van der Waals surface area contributed by atoms with E-state index in [1.807, 2.05) is 30.4 Å². The number of allylic oxidation sites excluding steroid dienone is 17. The summed E-state index contributed by atoms with van der Waals surface area (Å²) in [4.78, 5) is 50.8. The number of aliphatic hydroxyl groups excluding tert-OH is 2. The molecule has 3 N–H and O–H groups in total. The molecule has 0 spiro atoms. The molecule has 0 radical (unpaired) electrons. The highest BCUT2D eigenvalue weighted by molar-refractivity contribution is 5.74. The second-order valence-corrected chi connectivity index (χ2v) is 17.8. The molecule has 12 heteroatoms. The Balaban J connectivity index is 2.82. The van der Waals surface area contributed by atoms with Crippen molar-refractivity contribution in [3.63, 3.8) is 0 Å². The number of unbranched alkanes of at least 4 members (excludes halogenated alkanes) is 12. The summed E-state index contributed by atoms with van der Waals surface area (Å²) >= 11 is 0. The van der Waals surface area contributed by atoms with Crippen LogP contribution in [0.15, 0.2) is 109 Å². The molecular formula is C59H92O12. The summed E-state index contributed by atoms with van der Waals surface area (Å²) in [5, 5.41) is 31.3. The van der Waals surface area contributed by atoms with Gasteiger partial charge in [0.25, 0.3) is 0 Å². The molecule has 0 aromatic rings. The van der Waals surface area contributed by atoms with Crippen LogP contribution in [0.3, 0.4) is 0 Å². The fraction of sp³-hybridized carbons (Fsp3) is 0.627. The van der Waals surface area contributed by atoms with Gasteiger partial charge in [-0.25, -0.2) is 4.79 Å². The zero-order valence-corrected chi connectivity index (χ0v) is 43.7. The minimum Gasteiger partial charge on any atom is -0.479 e. The van der Waals surface area contributed by atoms with Crippen molar-refractivity contribution in [3.05, 3.63) is 109 Å². The number of ether oxygens (including phenoxy) is 5. The number of carboxylic acids is 1. The lowest BCUT2D eigenvalue weighted by molar-refractivity contribution is -0.301. The molecule has 1 aliphatic rings.